The summed E-state index contributed by atoms with van der Waals surface area (Å²) in [5.41, 5.74) is 2.20. The Bertz CT molecular complexity index is 877. The summed E-state index contributed by atoms with van der Waals surface area (Å²) in [5.74, 6) is 0.174. The second kappa shape index (κ2) is 8.82. The minimum absolute atomic E-state index is 0.0271. The molecule has 0 aliphatic carbocycles. The third kappa shape index (κ3) is 5.06. The Morgan fingerprint density at radius 3 is 2.62 bits per heavy atom. The molecule has 2 aromatic carbocycles. The minimum atomic E-state index is -3.73. The Morgan fingerprint density at radius 1 is 1.15 bits per heavy atom. The van der Waals surface area contributed by atoms with Crippen molar-refractivity contribution in [2.75, 3.05) is 20.3 Å². The number of carbonyl (C=O) groups excluding carboxylic acids is 1. The number of esters is 1. The van der Waals surface area contributed by atoms with Gasteiger partial charge in [-0.3, -0.25) is 0 Å². The maximum Gasteiger partial charge on any atom is 0.338 e. The highest BCUT2D eigenvalue weighted by Gasteiger charge is 2.16. The van der Waals surface area contributed by atoms with E-state index in [-0.39, 0.29) is 23.6 Å². The number of nitrogens with one attached hydrogen (secondary N) is 1. The minimum Gasteiger partial charge on any atom is -0.496 e. The monoisotopic (exact) mass is 377 g/mol. The summed E-state index contributed by atoms with van der Waals surface area (Å²) in [5, 5.41) is 0. The van der Waals surface area contributed by atoms with Gasteiger partial charge in [-0.25, -0.2) is 17.9 Å². The van der Waals surface area contributed by atoms with Gasteiger partial charge < -0.3 is 9.47 Å². The largest absolute Gasteiger partial charge is 0.496 e. The Hall–Kier alpha value is -2.38. The number of rotatable bonds is 8. The van der Waals surface area contributed by atoms with Crippen LogP contribution in [0, 0.1) is 6.92 Å². The van der Waals surface area contributed by atoms with Gasteiger partial charge in [-0.1, -0.05) is 23.8 Å². The van der Waals surface area contributed by atoms with Crippen LogP contribution in [0.5, 0.6) is 5.75 Å². The van der Waals surface area contributed by atoms with Crippen LogP contribution in [-0.2, 0) is 21.2 Å². The van der Waals surface area contributed by atoms with Gasteiger partial charge in [0, 0.05) is 6.54 Å². The van der Waals surface area contributed by atoms with Crippen LogP contribution in [0.15, 0.2) is 47.4 Å². The van der Waals surface area contributed by atoms with Crippen molar-refractivity contribution in [1.29, 1.82) is 0 Å². The number of carbonyl (C=O) groups is 1. The molecule has 6 nitrogen and oxygen atoms in total. The number of hydrogen-bond acceptors (Lipinski definition) is 5. The van der Waals surface area contributed by atoms with Gasteiger partial charge in [0.1, 0.15) is 5.75 Å². The van der Waals surface area contributed by atoms with Gasteiger partial charge >= 0.3 is 5.97 Å². The van der Waals surface area contributed by atoms with Crippen molar-refractivity contribution in [1.82, 2.24) is 4.72 Å². The third-order valence-electron chi connectivity index (χ3n) is 3.78. The standard InChI is InChI=1S/C19H23NO5S/c1-4-25-19(21)16-6-5-7-17(13-16)26(22,23)20-11-10-15-12-14(2)8-9-18(15)24-3/h5-9,12-13,20H,4,10-11H2,1-3H3. The molecule has 2 rings (SSSR count). The second-order valence-corrected chi connectivity index (χ2v) is 7.48. The molecule has 0 fully saturated rings. The first kappa shape index (κ1) is 19.9. The molecule has 0 spiro atoms. The molecule has 0 aliphatic heterocycles. The summed E-state index contributed by atoms with van der Waals surface area (Å²) in [6.45, 7) is 4.10. The zero-order valence-electron chi connectivity index (χ0n) is 15.1. The van der Waals surface area contributed by atoms with Crippen molar-refractivity contribution in [2.24, 2.45) is 0 Å². The van der Waals surface area contributed by atoms with Crippen molar-refractivity contribution in [3.05, 3.63) is 59.2 Å². The van der Waals surface area contributed by atoms with E-state index in [4.69, 9.17) is 9.47 Å². The van der Waals surface area contributed by atoms with Crippen molar-refractivity contribution in [3.63, 3.8) is 0 Å². The number of sulfonamides is 1. The van der Waals surface area contributed by atoms with E-state index in [0.717, 1.165) is 16.9 Å². The predicted octanol–water partition coefficient (Wildman–Crippen LogP) is 2.70. The van der Waals surface area contributed by atoms with E-state index in [2.05, 4.69) is 4.72 Å². The van der Waals surface area contributed by atoms with Gasteiger partial charge in [-0.05, 0) is 50.1 Å². The summed E-state index contributed by atoms with van der Waals surface area (Å²) in [6, 6.07) is 11.6. The fourth-order valence-corrected chi connectivity index (χ4v) is 3.59. The molecule has 2 aromatic rings. The molecular formula is C19H23NO5S. The molecule has 0 amide bonds. The van der Waals surface area contributed by atoms with Crippen molar-refractivity contribution in [3.8, 4) is 5.75 Å². The van der Waals surface area contributed by atoms with Gasteiger partial charge in [-0.2, -0.15) is 0 Å². The highest BCUT2D eigenvalue weighted by atomic mass is 32.2. The van der Waals surface area contributed by atoms with E-state index >= 15 is 0 Å². The molecule has 0 saturated heterocycles. The number of benzene rings is 2. The van der Waals surface area contributed by atoms with Crippen LogP contribution in [0.4, 0.5) is 0 Å². The molecule has 0 radical (unpaired) electrons. The summed E-state index contributed by atoms with van der Waals surface area (Å²) in [7, 11) is -2.15. The van der Waals surface area contributed by atoms with Crippen LogP contribution in [0.25, 0.3) is 0 Å². The molecule has 7 heteroatoms. The smallest absolute Gasteiger partial charge is 0.338 e. The summed E-state index contributed by atoms with van der Waals surface area (Å²) < 4.78 is 37.7. The number of ether oxygens (including phenoxy) is 2. The SMILES string of the molecule is CCOC(=O)c1cccc(S(=O)(=O)NCCc2cc(C)ccc2OC)c1. The van der Waals surface area contributed by atoms with Crippen molar-refractivity contribution < 1.29 is 22.7 Å². The molecule has 0 heterocycles. The van der Waals surface area contributed by atoms with E-state index < -0.39 is 16.0 Å². The van der Waals surface area contributed by atoms with Gasteiger partial charge in [-0.15, -0.1) is 0 Å². The lowest BCUT2D eigenvalue weighted by atomic mass is 10.1. The third-order valence-corrected chi connectivity index (χ3v) is 5.24. The zero-order valence-corrected chi connectivity index (χ0v) is 15.9. The van der Waals surface area contributed by atoms with Crippen LogP contribution < -0.4 is 9.46 Å². The molecule has 0 unspecified atom stereocenters. The summed E-state index contributed by atoms with van der Waals surface area (Å²) >= 11 is 0. The van der Waals surface area contributed by atoms with Gasteiger partial charge in [0.05, 0.1) is 24.2 Å². The molecule has 1 N–H and O–H groups in total. The lowest BCUT2D eigenvalue weighted by Crippen LogP contribution is -2.26. The lowest BCUT2D eigenvalue weighted by molar-refractivity contribution is 0.0526. The molecular weight excluding hydrogens is 354 g/mol. The zero-order chi connectivity index (χ0) is 19.2. The molecule has 0 aliphatic rings. The average molecular weight is 377 g/mol. The lowest BCUT2D eigenvalue weighted by Gasteiger charge is -2.11. The van der Waals surface area contributed by atoms with Crippen molar-refractivity contribution in [2.45, 2.75) is 25.2 Å². The van der Waals surface area contributed by atoms with Gasteiger partial charge in [0.25, 0.3) is 0 Å². The predicted molar refractivity (Wildman–Crippen MR) is 99.0 cm³/mol. The van der Waals surface area contributed by atoms with E-state index in [0.29, 0.717) is 6.42 Å². The van der Waals surface area contributed by atoms with Crippen LogP contribution in [0.2, 0.25) is 0 Å². The first-order chi connectivity index (χ1) is 12.4. The molecule has 0 aromatic heterocycles. The quantitative estimate of drug-likeness (QED) is 0.716. The van der Waals surface area contributed by atoms with E-state index in [1.165, 1.54) is 24.3 Å². The Kier molecular flexibility index (Phi) is 6.76. The normalized spacial score (nSPS) is 11.2. The highest BCUT2D eigenvalue weighted by Crippen LogP contribution is 2.20. The van der Waals surface area contributed by atoms with Crippen LogP contribution >= 0.6 is 0 Å². The summed E-state index contributed by atoms with van der Waals surface area (Å²) in [6.07, 6.45) is 0.488. The first-order valence-corrected chi connectivity index (χ1v) is 9.76. The fourth-order valence-electron chi connectivity index (χ4n) is 2.51. The van der Waals surface area contributed by atoms with Gasteiger partial charge in [0.15, 0.2) is 0 Å². The maximum absolute atomic E-state index is 12.5. The van der Waals surface area contributed by atoms with E-state index in [1.54, 1.807) is 14.0 Å². The number of methoxy groups -OCH3 is 1. The molecule has 0 bridgehead atoms. The maximum atomic E-state index is 12.5. The van der Waals surface area contributed by atoms with Crippen LogP contribution in [-0.4, -0.2) is 34.6 Å². The van der Waals surface area contributed by atoms with Crippen LogP contribution in [0.1, 0.15) is 28.4 Å². The van der Waals surface area contributed by atoms with Gasteiger partial charge in [0.2, 0.25) is 10.0 Å². The molecule has 26 heavy (non-hydrogen) atoms. The second-order valence-electron chi connectivity index (χ2n) is 5.71. The molecule has 140 valence electrons. The number of hydrogen-bond donors (Lipinski definition) is 1. The van der Waals surface area contributed by atoms with E-state index in [9.17, 15) is 13.2 Å². The summed E-state index contributed by atoms with van der Waals surface area (Å²) in [4.78, 5) is 11.8. The van der Waals surface area contributed by atoms with Crippen molar-refractivity contribution >= 4 is 16.0 Å². The topological polar surface area (TPSA) is 81.7 Å². The Morgan fingerprint density at radius 2 is 1.92 bits per heavy atom. The Balaban J connectivity index is 2.09. The molecule has 0 saturated carbocycles. The number of aryl methyl sites for hydroxylation is 1. The van der Waals surface area contributed by atoms with Crippen LogP contribution in [0.3, 0.4) is 0 Å². The average Bonchev–Trinajstić information content (AvgIpc) is 2.62. The molecule has 0 atom stereocenters. The van der Waals surface area contributed by atoms with E-state index in [1.807, 2.05) is 25.1 Å². The first-order valence-electron chi connectivity index (χ1n) is 8.27. The fraction of sp³-hybridized carbons (Fsp3) is 0.316. The Labute approximate surface area is 154 Å². The highest BCUT2D eigenvalue weighted by molar-refractivity contribution is 7.89.